The van der Waals surface area contributed by atoms with Crippen LogP contribution >= 0.6 is 11.6 Å². The Bertz CT molecular complexity index is 1400. The third kappa shape index (κ3) is 5.84. The molecular weight excluding hydrogens is 503 g/mol. The molecule has 1 fully saturated rings. The van der Waals surface area contributed by atoms with E-state index in [2.05, 4.69) is 15.2 Å². The summed E-state index contributed by atoms with van der Waals surface area (Å²) < 4.78 is 44.9. The first-order chi connectivity index (χ1) is 17.7. The second-order valence-corrected chi connectivity index (χ2v) is 9.61. The van der Waals surface area contributed by atoms with E-state index in [9.17, 15) is 13.2 Å². The van der Waals surface area contributed by atoms with Gasteiger partial charge >= 0.3 is 6.18 Å². The third-order valence-corrected chi connectivity index (χ3v) is 6.42. The van der Waals surface area contributed by atoms with Gasteiger partial charge in [-0.3, -0.25) is 9.88 Å². The minimum absolute atomic E-state index is 0.0897. The van der Waals surface area contributed by atoms with Crippen molar-refractivity contribution in [2.75, 3.05) is 18.4 Å². The highest BCUT2D eigenvalue weighted by atomic mass is 35.5. The Hall–Kier alpha value is -3.27. The van der Waals surface area contributed by atoms with E-state index < -0.39 is 11.7 Å². The molecule has 2 atom stereocenters. The maximum Gasteiger partial charge on any atom is 0.416 e. The Kier molecular flexibility index (Phi) is 7.02. The molecule has 0 radical (unpaired) electrons. The van der Waals surface area contributed by atoms with E-state index in [0.717, 1.165) is 36.2 Å². The number of pyridine rings is 1. The zero-order valence-electron chi connectivity index (χ0n) is 20.3. The molecule has 10 heteroatoms. The quantitative estimate of drug-likeness (QED) is 0.311. The molecule has 1 aliphatic heterocycles. The molecule has 6 nitrogen and oxygen atoms in total. The van der Waals surface area contributed by atoms with Crippen LogP contribution in [0.1, 0.15) is 25.2 Å². The minimum Gasteiger partial charge on any atom is -0.373 e. The number of nitrogens with zero attached hydrogens (tertiary/aromatic N) is 4. The summed E-state index contributed by atoms with van der Waals surface area (Å²) >= 11 is 6.37. The fourth-order valence-electron chi connectivity index (χ4n) is 4.58. The maximum atomic E-state index is 13.0. The summed E-state index contributed by atoms with van der Waals surface area (Å²) in [5, 5.41) is 4.44. The molecular formula is C27H25ClF3N5O. The van der Waals surface area contributed by atoms with Crippen LogP contribution in [0.25, 0.3) is 22.2 Å². The van der Waals surface area contributed by atoms with Gasteiger partial charge in [0.2, 0.25) is 0 Å². The van der Waals surface area contributed by atoms with Gasteiger partial charge in [-0.1, -0.05) is 17.7 Å². The molecule has 4 aromatic rings. The van der Waals surface area contributed by atoms with Crippen molar-refractivity contribution >= 4 is 34.0 Å². The van der Waals surface area contributed by atoms with Crippen LogP contribution in [0.5, 0.6) is 0 Å². The zero-order valence-corrected chi connectivity index (χ0v) is 21.0. The van der Waals surface area contributed by atoms with Gasteiger partial charge in [-0.2, -0.15) is 13.2 Å². The van der Waals surface area contributed by atoms with Gasteiger partial charge in [0.25, 0.3) is 0 Å². The van der Waals surface area contributed by atoms with Crippen LogP contribution in [-0.4, -0.2) is 45.1 Å². The lowest BCUT2D eigenvalue weighted by Crippen LogP contribution is -2.45. The van der Waals surface area contributed by atoms with Crippen molar-refractivity contribution in [3.05, 3.63) is 77.2 Å². The number of aromatic nitrogens is 3. The van der Waals surface area contributed by atoms with Gasteiger partial charge in [0, 0.05) is 35.9 Å². The van der Waals surface area contributed by atoms with Gasteiger partial charge in [-0.25, -0.2) is 9.97 Å². The summed E-state index contributed by atoms with van der Waals surface area (Å²) in [4.78, 5) is 16.2. The lowest BCUT2D eigenvalue weighted by molar-refractivity contribution is -0.137. The topological polar surface area (TPSA) is 63.2 Å². The van der Waals surface area contributed by atoms with Crippen molar-refractivity contribution in [3.8, 4) is 11.3 Å². The van der Waals surface area contributed by atoms with Crippen molar-refractivity contribution in [2.45, 2.75) is 38.8 Å². The van der Waals surface area contributed by atoms with E-state index in [1.807, 2.05) is 32.0 Å². The number of alkyl halides is 3. The summed E-state index contributed by atoms with van der Waals surface area (Å²) in [5.74, 6) is 1.10. The largest absolute Gasteiger partial charge is 0.416 e. The Balaban J connectivity index is 1.54. The Labute approximate surface area is 217 Å². The molecule has 37 heavy (non-hydrogen) atoms. The van der Waals surface area contributed by atoms with Crippen molar-refractivity contribution in [2.24, 2.45) is 0 Å². The van der Waals surface area contributed by atoms with Gasteiger partial charge in [0.15, 0.2) is 0 Å². The number of anilines is 2. The molecule has 192 valence electrons. The number of benzene rings is 2. The SMILES string of the molecule is C[C@H]1CN(Cc2nc(Nc3ccc(C(F)(F)F)cc3)c3ccc(-c4ncccc4Cl)cc3n2)C[C@H](C)O1. The molecule has 0 aliphatic carbocycles. The number of rotatable bonds is 5. The van der Waals surface area contributed by atoms with E-state index >= 15 is 0 Å². The van der Waals surface area contributed by atoms with Crippen molar-refractivity contribution in [3.63, 3.8) is 0 Å². The molecule has 5 rings (SSSR count). The molecule has 1 saturated heterocycles. The first-order valence-corrected chi connectivity index (χ1v) is 12.3. The molecule has 2 aromatic heterocycles. The van der Waals surface area contributed by atoms with Crippen LogP contribution in [0.4, 0.5) is 24.7 Å². The van der Waals surface area contributed by atoms with E-state index in [0.29, 0.717) is 40.1 Å². The number of fused-ring (bicyclic) bond motifs is 1. The summed E-state index contributed by atoms with van der Waals surface area (Å²) in [6.45, 7) is 6.06. The van der Waals surface area contributed by atoms with Crippen molar-refractivity contribution < 1.29 is 17.9 Å². The lowest BCUT2D eigenvalue weighted by Gasteiger charge is -2.34. The molecule has 0 spiro atoms. The van der Waals surface area contributed by atoms with Crippen LogP contribution in [0.3, 0.4) is 0 Å². The van der Waals surface area contributed by atoms with Crippen LogP contribution in [0, 0.1) is 0 Å². The number of halogens is 4. The molecule has 0 bridgehead atoms. The fraction of sp³-hybridized carbons (Fsp3) is 0.296. The number of nitrogens with one attached hydrogen (secondary N) is 1. The first kappa shape index (κ1) is 25.4. The summed E-state index contributed by atoms with van der Waals surface area (Å²) in [6, 6.07) is 14.1. The fourth-order valence-corrected chi connectivity index (χ4v) is 4.81. The monoisotopic (exact) mass is 527 g/mol. The number of hydrogen-bond acceptors (Lipinski definition) is 6. The normalized spacial score (nSPS) is 18.8. The first-order valence-electron chi connectivity index (χ1n) is 11.9. The molecule has 1 aliphatic rings. The Morgan fingerprint density at radius 3 is 2.43 bits per heavy atom. The maximum absolute atomic E-state index is 13.0. The van der Waals surface area contributed by atoms with Gasteiger partial charge in [0.05, 0.1) is 40.5 Å². The lowest BCUT2D eigenvalue weighted by atomic mass is 10.1. The van der Waals surface area contributed by atoms with Crippen LogP contribution in [0.2, 0.25) is 5.02 Å². The van der Waals surface area contributed by atoms with Crippen molar-refractivity contribution in [1.29, 1.82) is 0 Å². The standard InChI is InChI=1S/C27H25ClF3N5O/c1-16-13-36(14-17(2)37-16)15-24-34-23-12-18(25-22(28)4-3-11-32-25)5-10-21(23)26(35-24)33-20-8-6-19(7-9-20)27(29,30)31/h3-12,16-17H,13-15H2,1-2H3,(H,33,34,35)/t16-,17-/m0/s1. The molecule has 0 unspecified atom stereocenters. The molecule has 1 N–H and O–H groups in total. The van der Waals surface area contributed by atoms with E-state index in [-0.39, 0.29) is 12.2 Å². The Morgan fingerprint density at radius 1 is 1.03 bits per heavy atom. The second kappa shape index (κ2) is 10.2. The smallest absolute Gasteiger partial charge is 0.373 e. The average Bonchev–Trinajstić information content (AvgIpc) is 2.83. The van der Waals surface area contributed by atoms with E-state index in [4.69, 9.17) is 26.3 Å². The number of hydrogen-bond donors (Lipinski definition) is 1. The zero-order chi connectivity index (χ0) is 26.2. The third-order valence-electron chi connectivity index (χ3n) is 6.11. The van der Waals surface area contributed by atoms with E-state index in [1.165, 1.54) is 12.1 Å². The molecule has 0 saturated carbocycles. The number of ether oxygens (including phenoxy) is 1. The van der Waals surface area contributed by atoms with Gasteiger partial charge in [0.1, 0.15) is 11.6 Å². The highest BCUT2D eigenvalue weighted by molar-refractivity contribution is 6.33. The number of morpholine rings is 1. The predicted octanol–water partition coefficient (Wildman–Crippen LogP) is 6.72. The summed E-state index contributed by atoms with van der Waals surface area (Å²) in [7, 11) is 0. The second-order valence-electron chi connectivity index (χ2n) is 9.21. The Morgan fingerprint density at radius 2 is 1.76 bits per heavy atom. The minimum atomic E-state index is -4.40. The van der Waals surface area contributed by atoms with Crippen molar-refractivity contribution in [1.82, 2.24) is 19.9 Å². The summed E-state index contributed by atoms with van der Waals surface area (Å²) in [6.07, 6.45) is -2.54. The average molecular weight is 528 g/mol. The summed E-state index contributed by atoms with van der Waals surface area (Å²) in [5.41, 5.74) is 1.90. The van der Waals surface area contributed by atoms with Crippen LogP contribution < -0.4 is 5.32 Å². The van der Waals surface area contributed by atoms with Gasteiger partial charge in [-0.05, 0) is 62.4 Å². The van der Waals surface area contributed by atoms with Gasteiger partial charge in [-0.15, -0.1) is 0 Å². The highest BCUT2D eigenvalue weighted by Gasteiger charge is 2.30. The molecule has 0 amide bonds. The molecule has 3 heterocycles. The highest BCUT2D eigenvalue weighted by Crippen LogP contribution is 2.33. The van der Waals surface area contributed by atoms with E-state index in [1.54, 1.807) is 18.3 Å². The van der Waals surface area contributed by atoms with Gasteiger partial charge < -0.3 is 10.1 Å². The van der Waals surface area contributed by atoms with Crippen LogP contribution in [-0.2, 0) is 17.5 Å². The van der Waals surface area contributed by atoms with Crippen LogP contribution in [0.15, 0.2) is 60.8 Å². The predicted molar refractivity (Wildman–Crippen MR) is 138 cm³/mol. The molecule has 2 aromatic carbocycles.